The summed E-state index contributed by atoms with van der Waals surface area (Å²) in [6.45, 7) is 3.10. The van der Waals surface area contributed by atoms with Gasteiger partial charge in [-0.3, -0.25) is 4.90 Å². The van der Waals surface area contributed by atoms with E-state index in [1.165, 1.54) is 7.11 Å². The molecule has 0 radical (unpaired) electrons. The Morgan fingerprint density at radius 3 is 2.79 bits per heavy atom. The number of carboxylic acid groups (broad SMARTS) is 1. The van der Waals surface area contributed by atoms with Crippen LogP contribution >= 0.6 is 0 Å². The maximum atomic E-state index is 11.3. The fourth-order valence-corrected chi connectivity index (χ4v) is 3.76. The normalized spacial score (nSPS) is 24.0. The molecule has 0 unspecified atom stereocenters. The molecular weight excluding hydrogens is 310 g/mol. The molecule has 2 aliphatic rings. The molecule has 3 rings (SSSR count). The van der Waals surface area contributed by atoms with Crippen molar-refractivity contribution in [2.24, 2.45) is 0 Å². The largest absolute Gasteiger partial charge is 0.496 e. The van der Waals surface area contributed by atoms with Crippen molar-refractivity contribution in [3.63, 3.8) is 0 Å². The molecule has 2 N–H and O–H groups in total. The molecule has 0 aromatic heterocycles. The summed E-state index contributed by atoms with van der Waals surface area (Å²) >= 11 is 0. The van der Waals surface area contributed by atoms with Crippen molar-refractivity contribution in [1.29, 1.82) is 0 Å². The summed E-state index contributed by atoms with van der Waals surface area (Å²) in [5.74, 6) is -0.604. The Morgan fingerprint density at radius 1 is 1.42 bits per heavy atom. The second-order valence-corrected chi connectivity index (χ2v) is 6.69. The molecule has 1 atom stereocenters. The molecule has 2 saturated heterocycles. The third-order valence-corrected chi connectivity index (χ3v) is 5.22. The van der Waals surface area contributed by atoms with Gasteiger partial charge in [0.15, 0.2) is 0 Å². The summed E-state index contributed by atoms with van der Waals surface area (Å²) < 4.78 is 11.0. The number of rotatable bonds is 4. The molecule has 2 fully saturated rings. The van der Waals surface area contributed by atoms with Crippen LogP contribution in [0.4, 0.5) is 0 Å². The van der Waals surface area contributed by atoms with Crippen LogP contribution in [0.1, 0.15) is 41.6 Å². The molecule has 0 saturated carbocycles. The van der Waals surface area contributed by atoms with Crippen LogP contribution in [-0.4, -0.2) is 59.6 Å². The zero-order valence-electron chi connectivity index (χ0n) is 14.0. The number of methoxy groups -OCH3 is 1. The highest BCUT2D eigenvalue weighted by Gasteiger charge is 2.43. The van der Waals surface area contributed by atoms with Crippen LogP contribution in [0.3, 0.4) is 0 Å². The predicted molar refractivity (Wildman–Crippen MR) is 88.4 cm³/mol. The van der Waals surface area contributed by atoms with Crippen molar-refractivity contribution in [3.05, 3.63) is 29.3 Å². The second kappa shape index (κ2) is 7.09. The van der Waals surface area contributed by atoms with Crippen LogP contribution in [0.25, 0.3) is 0 Å². The predicted octanol–water partition coefficient (Wildman–Crippen LogP) is 1.90. The minimum absolute atomic E-state index is 0.189. The highest BCUT2D eigenvalue weighted by atomic mass is 16.5. The number of ether oxygens (including phenoxy) is 2. The Kier molecular flexibility index (Phi) is 5.08. The van der Waals surface area contributed by atoms with Crippen LogP contribution in [0, 0.1) is 0 Å². The molecular formula is C18H25NO5. The van der Waals surface area contributed by atoms with Crippen molar-refractivity contribution in [1.82, 2.24) is 4.90 Å². The summed E-state index contributed by atoms with van der Waals surface area (Å²) in [5, 5.41) is 19.6. The number of benzene rings is 1. The Bertz CT molecular complexity index is 595. The third-order valence-electron chi connectivity index (χ3n) is 5.22. The van der Waals surface area contributed by atoms with E-state index >= 15 is 0 Å². The van der Waals surface area contributed by atoms with Gasteiger partial charge in [-0.1, -0.05) is 6.07 Å². The summed E-state index contributed by atoms with van der Waals surface area (Å²) in [6, 6.07) is 5.29. The molecule has 0 amide bonds. The Hall–Kier alpha value is -1.63. The molecule has 24 heavy (non-hydrogen) atoms. The fourth-order valence-electron chi connectivity index (χ4n) is 3.76. The quantitative estimate of drug-likeness (QED) is 0.875. The van der Waals surface area contributed by atoms with Crippen molar-refractivity contribution in [3.8, 4) is 5.75 Å². The van der Waals surface area contributed by atoms with E-state index in [-0.39, 0.29) is 17.3 Å². The van der Waals surface area contributed by atoms with E-state index in [0.717, 1.165) is 50.9 Å². The monoisotopic (exact) mass is 335 g/mol. The van der Waals surface area contributed by atoms with Gasteiger partial charge in [0.25, 0.3) is 0 Å². The van der Waals surface area contributed by atoms with Crippen LogP contribution in [0.2, 0.25) is 0 Å². The van der Waals surface area contributed by atoms with Gasteiger partial charge in [0.05, 0.1) is 18.8 Å². The first-order valence-electron chi connectivity index (χ1n) is 8.49. The van der Waals surface area contributed by atoms with Gasteiger partial charge in [-0.15, -0.1) is 0 Å². The maximum absolute atomic E-state index is 11.3. The number of aliphatic hydroxyl groups excluding tert-OH is 1. The third kappa shape index (κ3) is 3.41. The summed E-state index contributed by atoms with van der Waals surface area (Å²) in [4.78, 5) is 13.6. The smallest absolute Gasteiger partial charge is 0.339 e. The Labute approximate surface area is 142 Å². The number of aliphatic hydroxyl groups is 1. The van der Waals surface area contributed by atoms with Gasteiger partial charge in [0.2, 0.25) is 0 Å². The lowest BCUT2D eigenvalue weighted by molar-refractivity contribution is -0.177. The lowest BCUT2D eigenvalue weighted by Crippen LogP contribution is -2.55. The van der Waals surface area contributed by atoms with Crippen LogP contribution < -0.4 is 4.74 Å². The fraction of sp³-hybridized carbons (Fsp3) is 0.611. The highest BCUT2D eigenvalue weighted by molar-refractivity contribution is 5.91. The molecule has 0 aliphatic carbocycles. The van der Waals surface area contributed by atoms with Gasteiger partial charge >= 0.3 is 5.97 Å². The molecule has 6 nitrogen and oxygen atoms in total. The van der Waals surface area contributed by atoms with Crippen molar-refractivity contribution >= 4 is 5.97 Å². The molecule has 6 heteroatoms. The van der Waals surface area contributed by atoms with E-state index in [2.05, 4.69) is 4.90 Å². The first-order chi connectivity index (χ1) is 11.5. The van der Waals surface area contributed by atoms with Gasteiger partial charge in [-0.25, -0.2) is 4.79 Å². The molecule has 1 spiro atoms. The van der Waals surface area contributed by atoms with Gasteiger partial charge in [0.1, 0.15) is 11.3 Å². The minimum Gasteiger partial charge on any atom is -0.496 e. The van der Waals surface area contributed by atoms with Crippen molar-refractivity contribution < 1.29 is 24.5 Å². The number of hydrogen-bond acceptors (Lipinski definition) is 5. The average Bonchev–Trinajstić information content (AvgIpc) is 2.59. The zero-order valence-corrected chi connectivity index (χ0v) is 14.0. The lowest BCUT2D eigenvalue weighted by Gasteiger charge is -2.46. The van der Waals surface area contributed by atoms with E-state index in [0.29, 0.717) is 12.3 Å². The van der Waals surface area contributed by atoms with Gasteiger partial charge in [-0.05, 0) is 43.4 Å². The molecule has 132 valence electrons. The Morgan fingerprint density at radius 2 is 2.17 bits per heavy atom. The van der Waals surface area contributed by atoms with Gasteiger partial charge in [0, 0.05) is 26.2 Å². The number of piperidine rings is 1. The second-order valence-electron chi connectivity index (χ2n) is 6.69. The summed E-state index contributed by atoms with van der Waals surface area (Å²) in [7, 11) is 1.47. The van der Waals surface area contributed by atoms with Crippen LogP contribution in [0.5, 0.6) is 5.75 Å². The molecule has 1 aromatic rings. The number of carboxylic acids is 1. The average molecular weight is 335 g/mol. The van der Waals surface area contributed by atoms with Gasteiger partial charge in [-0.2, -0.15) is 0 Å². The standard InChI is InChI=1S/C18H25NO5/c1-23-15-5-4-13(11-14(15)17(21)22)12-19-8-6-18(7-9-19)16(20)3-2-10-24-18/h4-5,11,16,20H,2-3,6-10,12H2,1H3,(H,21,22)/t16-/m0/s1. The van der Waals surface area contributed by atoms with Crippen LogP contribution in [0.15, 0.2) is 18.2 Å². The minimum atomic E-state index is -0.981. The SMILES string of the molecule is COc1ccc(CN2CCC3(CC2)OCCC[C@@H]3O)cc1C(=O)O. The summed E-state index contributed by atoms with van der Waals surface area (Å²) in [5.41, 5.74) is 0.768. The van der Waals surface area contributed by atoms with Crippen LogP contribution in [-0.2, 0) is 11.3 Å². The number of hydrogen-bond donors (Lipinski definition) is 2. The molecule has 2 aliphatic heterocycles. The number of nitrogens with zero attached hydrogens (tertiary/aromatic N) is 1. The van der Waals surface area contributed by atoms with Crippen molar-refractivity contribution in [2.75, 3.05) is 26.8 Å². The van der Waals surface area contributed by atoms with E-state index in [4.69, 9.17) is 9.47 Å². The molecule has 0 bridgehead atoms. The topological polar surface area (TPSA) is 79.2 Å². The molecule has 2 heterocycles. The molecule has 1 aromatic carbocycles. The Balaban J connectivity index is 1.64. The summed E-state index contributed by atoms with van der Waals surface area (Å²) in [6.07, 6.45) is 3.01. The van der Waals surface area contributed by atoms with Gasteiger partial charge < -0.3 is 19.7 Å². The highest BCUT2D eigenvalue weighted by Crippen LogP contribution is 2.35. The zero-order chi connectivity index (χ0) is 17.2. The van der Waals surface area contributed by atoms with E-state index < -0.39 is 5.97 Å². The maximum Gasteiger partial charge on any atom is 0.339 e. The van der Waals surface area contributed by atoms with E-state index in [1.807, 2.05) is 6.07 Å². The number of carbonyl (C=O) groups is 1. The van der Waals surface area contributed by atoms with E-state index in [9.17, 15) is 15.0 Å². The number of aromatic carboxylic acids is 1. The first-order valence-corrected chi connectivity index (χ1v) is 8.49. The first kappa shape index (κ1) is 17.2. The van der Waals surface area contributed by atoms with Crippen molar-refractivity contribution in [2.45, 2.75) is 43.9 Å². The number of likely N-dealkylation sites (tertiary alicyclic amines) is 1. The lowest BCUT2D eigenvalue weighted by atomic mass is 9.82. The van der Waals surface area contributed by atoms with E-state index in [1.54, 1.807) is 12.1 Å².